The maximum atomic E-state index is 5.26. The highest BCUT2D eigenvalue weighted by atomic mass is 79.9. The van der Waals surface area contributed by atoms with Crippen LogP contribution in [0.3, 0.4) is 0 Å². The lowest BCUT2D eigenvalue weighted by Gasteiger charge is -2.15. The summed E-state index contributed by atoms with van der Waals surface area (Å²) in [4.78, 5) is 0. The molecule has 3 nitrogen and oxygen atoms in total. The van der Waals surface area contributed by atoms with Gasteiger partial charge in [-0.15, -0.1) is 0 Å². The van der Waals surface area contributed by atoms with E-state index in [0.29, 0.717) is 11.5 Å². The lowest BCUT2D eigenvalue weighted by Crippen LogP contribution is -1.97. The topological polar surface area (TPSA) is 27.7 Å². The Bertz CT molecular complexity index is 360. The van der Waals surface area contributed by atoms with Crippen molar-refractivity contribution in [1.29, 1.82) is 0 Å². The molecule has 4 heteroatoms. The van der Waals surface area contributed by atoms with Gasteiger partial charge in [0, 0.05) is 0 Å². The highest BCUT2D eigenvalue weighted by Gasteiger charge is 2.15. The number of methoxy groups -OCH3 is 1. The molecule has 1 aliphatic rings. The van der Waals surface area contributed by atoms with E-state index in [2.05, 4.69) is 15.9 Å². The number of ether oxygens (including phenoxy) is 3. The van der Waals surface area contributed by atoms with Gasteiger partial charge in [0.05, 0.1) is 7.11 Å². The van der Waals surface area contributed by atoms with Gasteiger partial charge >= 0.3 is 0 Å². The number of benzene rings is 1. The first kappa shape index (κ1) is 8.44. The highest BCUT2D eigenvalue weighted by Crippen LogP contribution is 2.42. The molecule has 1 aromatic carbocycles. The van der Waals surface area contributed by atoms with Crippen molar-refractivity contribution in [2.24, 2.45) is 0 Å². The lowest BCUT2D eigenvalue weighted by atomic mass is 10.3. The van der Waals surface area contributed by atoms with E-state index in [-0.39, 0.29) is 0 Å². The molecule has 0 atom stereocenters. The molecule has 0 bridgehead atoms. The SMILES string of the molecule is COc1ccc2c(c1Br)OC=CO2. The minimum atomic E-state index is 0.641. The van der Waals surface area contributed by atoms with Crippen molar-refractivity contribution >= 4 is 15.9 Å². The summed E-state index contributed by atoms with van der Waals surface area (Å²) in [6, 6.07) is 3.61. The van der Waals surface area contributed by atoms with Gasteiger partial charge in [0.25, 0.3) is 0 Å². The first-order valence-electron chi connectivity index (χ1n) is 3.68. The van der Waals surface area contributed by atoms with Gasteiger partial charge in [-0.1, -0.05) is 0 Å². The van der Waals surface area contributed by atoms with Crippen molar-refractivity contribution in [2.45, 2.75) is 0 Å². The third kappa shape index (κ3) is 1.37. The Balaban J connectivity index is 2.52. The van der Waals surface area contributed by atoms with Crippen LogP contribution in [0.15, 0.2) is 29.1 Å². The zero-order chi connectivity index (χ0) is 9.26. The number of hydrogen-bond donors (Lipinski definition) is 0. The van der Waals surface area contributed by atoms with Crippen molar-refractivity contribution in [1.82, 2.24) is 0 Å². The van der Waals surface area contributed by atoms with Crippen molar-refractivity contribution < 1.29 is 14.2 Å². The fourth-order valence-electron chi connectivity index (χ4n) is 1.08. The van der Waals surface area contributed by atoms with Crippen LogP contribution in [-0.4, -0.2) is 7.11 Å². The van der Waals surface area contributed by atoms with Crippen LogP contribution in [0.4, 0.5) is 0 Å². The van der Waals surface area contributed by atoms with Crippen LogP contribution in [0, 0.1) is 0 Å². The van der Waals surface area contributed by atoms with Crippen LogP contribution < -0.4 is 14.2 Å². The van der Waals surface area contributed by atoms with E-state index in [1.54, 1.807) is 13.2 Å². The summed E-state index contributed by atoms with van der Waals surface area (Å²) in [6.07, 6.45) is 2.97. The predicted molar refractivity (Wildman–Crippen MR) is 51.1 cm³/mol. The number of hydrogen-bond acceptors (Lipinski definition) is 3. The average Bonchev–Trinajstić information content (AvgIpc) is 2.19. The molecule has 1 heterocycles. The second-order valence-corrected chi connectivity index (χ2v) is 3.21. The molecule has 1 aliphatic heterocycles. The second kappa shape index (κ2) is 3.30. The Labute approximate surface area is 84.0 Å². The monoisotopic (exact) mass is 242 g/mol. The van der Waals surface area contributed by atoms with E-state index in [1.807, 2.05) is 6.07 Å². The van der Waals surface area contributed by atoms with Crippen molar-refractivity contribution in [2.75, 3.05) is 7.11 Å². The van der Waals surface area contributed by atoms with E-state index in [9.17, 15) is 0 Å². The Morgan fingerprint density at radius 2 is 2.00 bits per heavy atom. The molecule has 0 unspecified atom stereocenters. The van der Waals surface area contributed by atoms with Gasteiger partial charge in [-0.3, -0.25) is 0 Å². The summed E-state index contributed by atoms with van der Waals surface area (Å²) >= 11 is 3.36. The van der Waals surface area contributed by atoms with Crippen molar-refractivity contribution in [3.05, 3.63) is 29.1 Å². The molecule has 0 aromatic heterocycles. The van der Waals surface area contributed by atoms with Gasteiger partial charge in [-0.05, 0) is 28.1 Å². The Morgan fingerprint density at radius 1 is 1.23 bits per heavy atom. The Hall–Kier alpha value is -1.16. The predicted octanol–water partition coefficient (Wildman–Crippen LogP) is 2.70. The molecule has 0 fully saturated rings. The van der Waals surface area contributed by atoms with E-state index in [1.165, 1.54) is 12.5 Å². The zero-order valence-corrected chi connectivity index (χ0v) is 8.50. The zero-order valence-electron chi connectivity index (χ0n) is 6.91. The van der Waals surface area contributed by atoms with Crippen LogP contribution in [0.25, 0.3) is 0 Å². The molecule has 68 valence electrons. The second-order valence-electron chi connectivity index (χ2n) is 2.42. The maximum Gasteiger partial charge on any atom is 0.187 e. The summed E-state index contributed by atoms with van der Waals surface area (Å²) in [5.41, 5.74) is 0. The van der Waals surface area contributed by atoms with Crippen molar-refractivity contribution in [3.63, 3.8) is 0 Å². The molecule has 13 heavy (non-hydrogen) atoms. The highest BCUT2D eigenvalue weighted by molar-refractivity contribution is 9.10. The molecule has 2 rings (SSSR count). The van der Waals surface area contributed by atoms with Gasteiger partial charge in [0.2, 0.25) is 0 Å². The van der Waals surface area contributed by atoms with Gasteiger partial charge in [-0.2, -0.15) is 0 Å². The Kier molecular flexibility index (Phi) is 2.14. The van der Waals surface area contributed by atoms with Crippen LogP contribution in [0.1, 0.15) is 0 Å². The molecule has 0 aliphatic carbocycles. The number of halogens is 1. The van der Waals surface area contributed by atoms with E-state index >= 15 is 0 Å². The molecular weight excluding hydrogens is 236 g/mol. The van der Waals surface area contributed by atoms with Gasteiger partial charge in [-0.25, -0.2) is 0 Å². The van der Waals surface area contributed by atoms with Crippen LogP contribution in [0.5, 0.6) is 17.2 Å². The molecule has 0 spiro atoms. The number of rotatable bonds is 1. The van der Waals surface area contributed by atoms with E-state index in [0.717, 1.165) is 10.2 Å². The minimum absolute atomic E-state index is 0.641. The molecule has 0 radical (unpaired) electrons. The summed E-state index contributed by atoms with van der Waals surface area (Å²) in [6.45, 7) is 0. The molecule has 0 saturated carbocycles. The third-order valence-electron chi connectivity index (χ3n) is 1.68. The standard InChI is InChI=1S/C9H7BrO3/c1-11-6-2-3-7-9(8(6)10)13-5-4-12-7/h2-5H,1H3. The molecule has 0 saturated heterocycles. The smallest absolute Gasteiger partial charge is 0.187 e. The first-order chi connectivity index (χ1) is 6.33. The molecule has 0 N–H and O–H groups in total. The van der Waals surface area contributed by atoms with Crippen LogP contribution in [0.2, 0.25) is 0 Å². The fourth-order valence-corrected chi connectivity index (χ4v) is 1.66. The average molecular weight is 243 g/mol. The van der Waals surface area contributed by atoms with Crippen LogP contribution >= 0.6 is 15.9 Å². The summed E-state index contributed by atoms with van der Waals surface area (Å²) in [5, 5.41) is 0. The van der Waals surface area contributed by atoms with E-state index in [4.69, 9.17) is 14.2 Å². The van der Waals surface area contributed by atoms with Gasteiger partial charge in [0.1, 0.15) is 22.7 Å². The summed E-state index contributed by atoms with van der Waals surface area (Å²) in [7, 11) is 1.60. The molecule has 1 aromatic rings. The fraction of sp³-hybridized carbons (Fsp3) is 0.111. The molecule has 0 amide bonds. The largest absolute Gasteiger partial charge is 0.495 e. The van der Waals surface area contributed by atoms with Gasteiger partial charge in [0.15, 0.2) is 11.5 Å². The summed E-state index contributed by atoms with van der Waals surface area (Å²) in [5.74, 6) is 2.04. The first-order valence-corrected chi connectivity index (χ1v) is 4.47. The normalized spacial score (nSPS) is 12.8. The summed E-state index contributed by atoms with van der Waals surface area (Å²) < 4.78 is 16.3. The molecular formula is C9H7BrO3. The Morgan fingerprint density at radius 3 is 2.77 bits per heavy atom. The number of fused-ring (bicyclic) bond motifs is 1. The third-order valence-corrected chi connectivity index (χ3v) is 2.43. The van der Waals surface area contributed by atoms with Crippen molar-refractivity contribution in [3.8, 4) is 17.2 Å². The maximum absolute atomic E-state index is 5.26. The van der Waals surface area contributed by atoms with Crippen LogP contribution in [-0.2, 0) is 0 Å². The lowest BCUT2D eigenvalue weighted by molar-refractivity contribution is 0.352. The van der Waals surface area contributed by atoms with E-state index < -0.39 is 0 Å². The minimum Gasteiger partial charge on any atom is -0.495 e. The van der Waals surface area contributed by atoms with Gasteiger partial charge < -0.3 is 14.2 Å². The quantitative estimate of drug-likeness (QED) is 0.758.